The van der Waals surface area contributed by atoms with Gasteiger partial charge in [0.2, 0.25) is 11.8 Å². The number of nitrogens with zero attached hydrogens (tertiary/aromatic N) is 1. The molecule has 0 unspecified atom stereocenters. The molecule has 0 aromatic carbocycles. The van der Waals surface area contributed by atoms with Crippen LogP contribution in [-0.4, -0.2) is 55.0 Å². The van der Waals surface area contributed by atoms with Crippen molar-refractivity contribution in [1.82, 2.24) is 15.5 Å². The number of amides is 2. The summed E-state index contributed by atoms with van der Waals surface area (Å²) < 4.78 is 0. The molecule has 1 aliphatic carbocycles. The molecule has 25 heavy (non-hydrogen) atoms. The van der Waals surface area contributed by atoms with E-state index in [2.05, 4.69) is 15.5 Å². The lowest BCUT2D eigenvalue weighted by Gasteiger charge is -2.32. The van der Waals surface area contributed by atoms with E-state index >= 15 is 0 Å². The van der Waals surface area contributed by atoms with Crippen molar-refractivity contribution in [1.29, 1.82) is 0 Å². The van der Waals surface area contributed by atoms with Crippen LogP contribution < -0.4 is 16.4 Å². The maximum absolute atomic E-state index is 12.4. The number of nitrogens with one attached hydrogen (secondary N) is 2. The molecule has 4 N–H and O–H groups in total. The van der Waals surface area contributed by atoms with Crippen LogP contribution in [0.1, 0.15) is 52.9 Å². The fourth-order valence-electron chi connectivity index (χ4n) is 4.05. The van der Waals surface area contributed by atoms with Gasteiger partial charge in [0.15, 0.2) is 0 Å². The molecule has 2 atom stereocenters. The molecule has 0 spiro atoms. The summed E-state index contributed by atoms with van der Waals surface area (Å²) in [6.45, 7) is 9.69. The van der Waals surface area contributed by atoms with E-state index < -0.39 is 0 Å². The van der Waals surface area contributed by atoms with E-state index in [9.17, 15) is 9.59 Å². The van der Waals surface area contributed by atoms with Gasteiger partial charge in [-0.15, -0.1) is 0 Å². The normalized spacial score (nSPS) is 25.8. The van der Waals surface area contributed by atoms with E-state index in [1.807, 2.05) is 20.8 Å². The summed E-state index contributed by atoms with van der Waals surface area (Å²) in [7, 11) is 0. The van der Waals surface area contributed by atoms with Gasteiger partial charge in [0.1, 0.15) is 0 Å². The highest BCUT2D eigenvalue weighted by Gasteiger charge is 2.32. The molecule has 2 amide bonds. The van der Waals surface area contributed by atoms with Crippen LogP contribution in [0, 0.1) is 17.8 Å². The Balaban J connectivity index is 1.65. The minimum Gasteiger partial charge on any atom is -0.356 e. The first kappa shape index (κ1) is 20.2. The van der Waals surface area contributed by atoms with Crippen molar-refractivity contribution in [2.75, 3.05) is 32.7 Å². The minimum absolute atomic E-state index is 0.0910. The molecule has 1 heterocycles. The molecular formula is C19H36N4O2. The fraction of sp³-hybridized carbons (Fsp3) is 0.895. The highest BCUT2D eigenvalue weighted by Crippen LogP contribution is 2.31. The van der Waals surface area contributed by atoms with Crippen LogP contribution in [0.3, 0.4) is 0 Å². The van der Waals surface area contributed by atoms with E-state index in [0.29, 0.717) is 24.9 Å². The van der Waals surface area contributed by atoms with Crippen molar-refractivity contribution in [3.63, 3.8) is 0 Å². The number of carbonyl (C=O) groups is 2. The number of likely N-dealkylation sites (tertiary alicyclic amines) is 1. The van der Waals surface area contributed by atoms with Crippen LogP contribution in [0.5, 0.6) is 0 Å². The second-order valence-electron chi connectivity index (χ2n) is 8.80. The maximum Gasteiger partial charge on any atom is 0.234 e. The van der Waals surface area contributed by atoms with E-state index in [1.54, 1.807) is 0 Å². The van der Waals surface area contributed by atoms with Crippen LogP contribution in [0.25, 0.3) is 0 Å². The molecule has 0 radical (unpaired) electrons. The van der Waals surface area contributed by atoms with Crippen molar-refractivity contribution >= 4 is 11.8 Å². The van der Waals surface area contributed by atoms with Gasteiger partial charge in [-0.25, -0.2) is 0 Å². The molecular weight excluding hydrogens is 316 g/mol. The van der Waals surface area contributed by atoms with Gasteiger partial charge in [0.05, 0.1) is 6.54 Å². The van der Waals surface area contributed by atoms with Crippen LogP contribution in [0.4, 0.5) is 0 Å². The number of nitrogens with two attached hydrogens (primary N) is 1. The van der Waals surface area contributed by atoms with Gasteiger partial charge in [0.25, 0.3) is 0 Å². The summed E-state index contributed by atoms with van der Waals surface area (Å²) in [4.78, 5) is 26.6. The average molecular weight is 353 g/mol. The van der Waals surface area contributed by atoms with Gasteiger partial charge in [-0.1, -0.05) is 6.42 Å². The van der Waals surface area contributed by atoms with Gasteiger partial charge >= 0.3 is 0 Å². The molecule has 1 saturated carbocycles. The number of hydrogen-bond donors (Lipinski definition) is 3. The third kappa shape index (κ3) is 6.59. The number of hydrogen-bond acceptors (Lipinski definition) is 4. The standard InChI is InChI=1S/C19H36N4O2/c1-19(2,3)22-17(24)13-23-9-7-14(8-10-23)12-21-18(25)16-6-4-5-15(16)11-20/h14-16H,4-13,20H2,1-3H3,(H,21,25)(H,22,24)/t15-,16-/m1/s1. The van der Waals surface area contributed by atoms with Crippen LogP contribution in [0.2, 0.25) is 0 Å². The molecule has 0 aromatic rings. The first-order chi connectivity index (χ1) is 11.8. The summed E-state index contributed by atoms with van der Waals surface area (Å²) in [6.07, 6.45) is 5.26. The Bertz CT molecular complexity index is 453. The first-order valence-corrected chi connectivity index (χ1v) is 9.79. The fourth-order valence-corrected chi connectivity index (χ4v) is 4.05. The molecule has 2 aliphatic rings. The van der Waals surface area contributed by atoms with Crippen molar-refractivity contribution in [3.05, 3.63) is 0 Å². The minimum atomic E-state index is -0.179. The van der Waals surface area contributed by atoms with E-state index in [1.165, 1.54) is 0 Å². The smallest absolute Gasteiger partial charge is 0.234 e. The summed E-state index contributed by atoms with van der Waals surface area (Å²) in [5.41, 5.74) is 5.60. The van der Waals surface area contributed by atoms with Crippen molar-refractivity contribution < 1.29 is 9.59 Å². The Kier molecular flexibility index (Phi) is 7.25. The predicted octanol–water partition coefficient (Wildman–Crippen LogP) is 1.10. The van der Waals surface area contributed by atoms with Crippen LogP contribution >= 0.6 is 0 Å². The lowest BCUT2D eigenvalue weighted by molar-refractivity contribution is -0.126. The summed E-state index contributed by atoms with van der Waals surface area (Å²) in [6, 6.07) is 0. The molecule has 144 valence electrons. The second kappa shape index (κ2) is 8.99. The third-order valence-electron chi connectivity index (χ3n) is 5.45. The number of piperidine rings is 1. The van der Waals surface area contributed by atoms with Gasteiger partial charge in [-0.2, -0.15) is 0 Å². The van der Waals surface area contributed by atoms with Crippen LogP contribution in [-0.2, 0) is 9.59 Å². The largest absolute Gasteiger partial charge is 0.356 e. The maximum atomic E-state index is 12.4. The Morgan fingerprint density at radius 1 is 1.12 bits per heavy atom. The first-order valence-electron chi connectivity index (χ1n) is 9.79. The third-order valence-corrected chi connectivity index (χ3v) is 5.45. The molecule has 1 saturated heterocycles. The number of rotatable bonds is 6. The van der Waals surface area contributed by atoms with E-state index in [4.69, 9.17) is 5.73 Å². The highest BCUT2D eigenvalue weighted by atomic mass is 16.2. The average Bonchev–Trinajstić information content (AvgIpc) is 3.00. The summed E-state index contributed by atoms with van der Waals surface area (Å²) >= 11 is 0. The van der Waals surface area contributed by atoms with Crippen molar-refractivity contribution in [2.45, 2.75) is 58.4 Å². The van der Waals surface area contributed by atoms with Crippen molar-refractivity contribution in [2.24, 2.45) is 23.5 Å². The van der Waals surface area contributed by atoms with Gasteiger partial charge in [-0.05, 0) is 77.9 Å². The van der Waals surface area contributed by atoms with Crippen molar-refractivity contribution in [3.8, 4) is 0 Å². The molecule has 1 aliphatic heterocycles. The Morgan fingerprint density at radius 3 is 2.40 bits per heavy atom. The highest BCUT2D eigenvalue weighted by molar-refractivity contribution is 5.79. The zero-order chi connectivity index (χ0) is 18.4. The lowest BCUT2D eigenvalue weighted by atomic mass is 9.93. The molecule has 6 nitrogen and oxygen atoms in total. The Labute approximate surface area is 152 Å². The summed E-state index contributed by atoms with van der Waals surface area (Å²) in [5, 5.41) is 6.16. The molecule has 0 bridgehead atoms. The molecule has 6 heteroatoms. The van der Waals surface area contributed by atoms with E-state index in [-0.39, 0.29) is 23.3 Å². The predicted molar refractivity (Wildman–Crippen MR) is 100.0 cm³/mol. The topological polar surface area (TPSA) is 87.5 Å². The SMILES string of the molecule is CC(C)(C)NC(=O)CN1CCC(CNC(=O)[C@@H]2CCC[C@@H]2CN)CC1. The molecule has 0 aromatic heterocycles. The molecule has 2 rings (SSSR count). The van der Waals surface area contributed by atoms with Gasteiger partial charge in [-0.3, -0.25) is 14.5 Å². The monoisotopic (exact) mass is 352 g/mol. The Morgan fingerprint density at radius 2 is 1.80 bits per heavy atom. The van der Waals surface area contributed by atoms with Gasteiger partial charge < -0.3 is 16.4 Å². The van der Waals surface area contributed by atoms with Gasteiger partial charge in [0, 0.05) is 18.0 Å². The zero-order valence-corrected chi connectivity index (χ0v) is 16.1. The Hall–Kier alpha value is -1.14. The second-order valence-corrected chi connectivity index (χ2v) is 8.80. The quantitative estimate of drug-likeness (QED) is 0.668. The van der Waals surface area contributed by atoms with E-state index in [0.717, 1.165) is 51.7 Å². The zero-order valence-electron chi connectivity index (χ0n) is 16.1. The molecule has 2 fully saturated rings. The van der Waals surface area contributed by atoms with Crippen LogP contribution in [0.15, 0.2) is 0 Å². The summed E-state index contributed by atoms with van der Waals surface area (Å²) in [5.74, 6) is 1.28. The lowest BCUT2D eigenvalue weighted by Crippen LogP contribution is -2.48. The number of carbonyl (C=O) groups excluding carboxylic acids is 2.